The monoisotopic (exact) mass is 288 g/mol. The molecule has 2 heterocycles. The molecule has 2 atom stereocenters. The minimum absolute atomic E-state index is 0.559. The third kappa shape index (κ3) is 2.82. The first-order valence-corrected chi connectivity index (χ1v) is 8.11. The van der Waals surface area contributed by atoms with E-state index in [1.54, 1.807) is 6.33 Å². The fourth-order valence-corrected chi connectivity index (χ4v) is 3.76. The van der Waals surface area contributed by atoms with Gasteiger partial charge in [-0.2, -0.15) is 11.8 Å². The van der Waals surface area contributed by atoms with Gasteiger partial charge in [0.15, 0.2) is 5.82 Å². The van der Waals surface area contributed by atoms with E-state index in [1.807, 2.05) is 11.6 Å². The Bertz CT molecular complexity index is 581. The maximum absolute atomic E-state index is 4.17. The number of hydrogen-bond donors (Lipinski definition) is 1. The van der Waals surface area contributed by atoms with Crippen LogP contribution in [-0.4, -0.2) is 31.8 Å². The summed E-state index contributed by atoms with van der Waals surface area (Å²) < 4.78 is 1.94. The zero-order valence-corrected chi connectivity index (χ0v) is 12.7. The molecular formula is C15H20N4S. The van der Waals surface area contributed by atoms with Crippen molar-refractivity contribution in [3.05, 3.63) is 30.6 Å². The molecule has 3 rings (SSSR count). The smallest absolute Gasteiger partial charge is 0.163 e. The maximum Gasteiger partial charge on any atom is 0.163 e. The molecule has 20 heavy (non-hydrogen) atoms. The molecule has 2 unspecified atom stereocenters. The standard InChI is InChI=1S/C15H20N4S/c1-11-14(7-4-8-20-11)17-13-6-3-5-12(9-13)15-18-16-10-19(15)2/h3,5-6,9-11,14,17H,4,7-8H2,1-2H3. The lowest BCUT2D eigenvalue weighted by atomic mass is 10.1. The molecule has 4 nitrogen and oxygen atoms in total. The van der Waals surface area contributed by atoms with Crippen molar-refractivity contribution in [1.82, 2.24) is 14.8 Å². The van der Waals surface area contributed by atoms with Gasteiger partial charge in [0.1, 0.15) is 6.33 Å². The molecule has 1 aliphatic rings. The summed E-state index contributed by atoms with van der Waals surface area (Å²) in [5.74, 6) is 2.19. The number of hydrogen-bond acceptors (Lipinski definition) is 4. The molecule has 0 bridgehead atoms. The molecule has 0 amide bonds. The molecule has 1 fully saturated rings. The normalized spacial score (nSPS) is 22.7. The molecule has 0 spiro atoms. The van der Waals surface area contributed by atoms with Crippen molar-refractivity contribution < 1.29 is 0 Å². The second-order valence-corrected chi connectivity index (χ2v) is 6.80. The number of nitrogens with one attached hydrogen (secondary N) is 1. The van der Waals surface area contributed by atoms with Crippen LogP contribution in [0.4, 0.5) is 5.69 Å². The predicted molar refractivity (Wildman–Crippen MR) is 85.0 cm³/mol. The van der Waals surface area contributed by atoms with E-state index in [2.05, 4.69) is 58.5 Å². The van der Waals surface area contributed by atoms with Crippen LogP contribution >= 0.6 is 11.8 Å². The van der Waals surface area contributed by atoms with Crippen molar-refractivity contribution in [3.63, 3.8) is 0 Å². The maximum atomic E-state index is 4.17. The van der Waals surface area contributed by atoms with Gasteiger partial charge < -0.3 is 9.88 Å². The Hall–Kier alpha value is -1.49. The lowest BCUT2D eigenvalue weighted by Crippen LogP contribution is -2.32. The number of rotatable bonds is 3. The number of benzene rings is 1. The van der Waals surface area contributed by atoms with E-state index in [0.29, 0.717) is 11.3 Å². The van der Waals surface area contributed by atoms with Crippen molar-refractivity contribution in [3.8, 4) is 11.4 Å². The van der Waals surface area contributed by atoms with Gasteiger partial charge in [0.2, 0.25) is 0 Å². The summed E-state index contributed by atoms with van der Waals surface area (Å²) in [7, 11) is 1.97. The van der Waals surface area contributed by atoms with Gasteiger partial charge in [-0.05, 0) is 30.7 Å². The Morgan fingerprint density at radius 3 is 3.05 bits per heavy atom. The van der Waals surface area contributed by atoms with Gasteiger partial charge in [0.25, 0.3) is 0 Å². The van der Waals surface area contributed by atoms with Crippen LogP contribution in [0.5, 0.6) is 0 Å². The summed E-state index contributed by atoms with van der Waals surface area (Å²) in [6.45, 7) is 2.31. The van der Waals surface area contributed by atoms with E-state index in [9.17, 15) is 0 Å². The van der Waals surface area contributed by atoms with Crippen molar-refractivity contribution in [2.45, 2.75) is 31.1 Å². The summed E-state index contributed by atoms with van der Waals surface area (Å²) in [5.41, 5.74) is 2.27. The highest BCUT2D eigenvalue weighted by Crippen LogP contribution is 2.28. The molecule has 5 heteroatoms. The van der Waals surface area contributed by atoms with Gasteiger partial charge >= 0.3 is 0 Å². The first-order valence-electron chi connectivity index (χ1n) is 7.06. The van der Waals surface area contributed by atoms with Crippen LogP contribution in [0.1, 0.15) is 19.8 Å². The van der Waals surface area contributed by atoms with Crippen LogP contribution in [-0.2, 0) is 7.05 Å². The average Bonchev–Trinajstić information content (AvgIpc) is 2.88. The molecule has 106 valence electrons. The molecule has 0 saturated carbocycles. The Balaban J connectivity index is 1.79. The lowest BCUT2D eigenvalue weighted by molar-refractivity contribution is 0.617. The minimum atomic E-state index is 0.559. The highest BCUT2D eigenvalue weighted by atomic mass is 32.2. The quantitative estimate of drug-likeness (QED) is 0.942. The summed E-state index contributed by atoms with van der Waals surface area (Å²) >= 11 is 2.06. The molecular weight excluding hydrogens is 268 g/mol. The van der Waals surface area contributed by atoms with Gasteiger partial charge in [-0.3, -0.25) is 0 Å². The van der Waals surface area contributed by atoms with Gasteiger partial charge in [-0.25, -0.2) is 0 Å². The van der Waals surface area contributed by atoms with E-state index < -0.39 is 0 Å². The van der Waals surface area contributed by atoms with Crippen molar-refractivity contribution >= 4 is 17.4 Å². The second kappa shape index (κ2) is 5.87. The molecule has 1 aliphatic heterocycles. The van der Waals surface area contributed by atoms with Crippen molar-refractivity contribution in [2.24, 2.45) is 7.05 Å². The first kappa shape index (κ1) is 13.5. The molecule has 0 aliphatic carbocycles. The highest BCUT2D eigenvalue weighted by molar-refractivity contribution is 8.00. The number of thioether (sulfide) groups is 1. The molecule has 1 N–H and O–H groups in total. The van der Waals surface area contributed by atoms with Crippen molar-refractivity contribution in [2.75, 3.05) is 11.1 Å². The van der Waals surface area contributed by atoms with Crippen LogP contribution in [0, 0.1) is 0 Å². The van der Waals surface area contributed by atoms with E-state index in [1.165, 1.54) is 24.3 Å². The highest BCUT2D eigenvalue weighted by Gasteiger charge is 2.21. The Kier molecular flexibility index (Phi) is 3.96. The molecule has 1 aromatic heterocycles. The summed E-state index contributed by atoms with van der Waals surface area (Å²) in [6, 6.07) is 9.01. The second-order valence-electron chi connectivity index (χ2n) is 5.32. The van der Waals surface area contributed by atoms with Gasteiger partial charge in [-0.1, -0.05) is 19.1 Å². The number of aryl methyl sites for hydroxylation is 1. The fourth-order valence-electron chi connectivity index (χ4n) is 2.62. The molecule has 1 aromatic carbocycles. The molecule has 0 radical (unpaired) electrons. The van der Waals surface area contributed by atoms with Gasteiger partial charge in [0, 0.05) is 29.6 Å². The Morgan fingerprint density at radius 1 is 1.40 bits per heavy atom. The number of anilines is 1. The summed E-state index contributed by atoms with van der Waals surface area (Å²) in [6.07, 6.45) is 4.29. The van der Waals surface area contributed by atoms with Crippen LogP contribution in [0.3, 0.4) is 0 Å². The van der Waals surface area contributed by atoms with Crippen LogP contribution < -0.4 is 5.32 Å². The first-order chi connectivity index (χ1) is 9.74. The van der Waals surface area contributed by atoms with Crippen LogP contribution in [0.2, 0.25) is 0 Å². The SMILES string of the molecule is CC1SCCCC1Nc1cccc(-c2nncn2C)c1. The molecule has 1 saturated heterocycles. The van der Waals surface area contributed by atoms with Gasteiger partial charge in [-0.15, -0.1) is 10.2 Å². The van der Waals surface area contributed by atoms with Crippen LogP contribution in [0.25, 0.3) is 11.4 Å². The largest absolute Gasteiger partial charge is 0.381 e. The van der Waals surface area contributed by atoms with Crippen LogP contribution in [0.15, 0.2) is 30.6 Å². The predicted octanol–water partition coefficient (Wildman–Crippen LogP) is 3.18. The van der Waals surface area contributed by atoms with E-state index in [4.69, 9.17) is 0 Å². The minimum Gasteiger partial charge on any atom is -0.381 e. The third-order valence-corrected chi connectivity index (χ3v) is 5.17. The van der Waals surface area contributed by atoms with E-state index >= 15 is 0 Å². The Labute approximate surface area is 124 Å². The topological polar surface area (TPSA) is 42.7 Å². The van der Waals surface area contributed by atoms with Crippen molar-refractivity contribution in [1.29, 1.82) is 0 Å². The Morgan fingerprint density at radius 2 is 2.30 bits per heavy atom. The molecule has 2 aromatic rings. The number of nitrogens with zero attached hydrogens (tertiary/aromatic N) is 3. The summed E-state index contributed by atoms with van der Waals surface area (Å²) in [5, 5.41) is 12.5. The zero-order chi connectivity index (χ0) is 13.9. The van der Waals surface area contributed by atoms with E-state index in [0.717, 1.165) is 11.4 Å². The van der Waals surface area contributed by atoms with E-state index in [-0.39, 0.29) is 0 Å². The average molecular weight is 288 g/mol. The van der Waals surface area contributed by atoms with Gasteiger partial charge in [0.05, 0.1) is 0 Å². The lowest BCUT2D eigenvalue weighted by Gasteiger charge is -2.30. The summed E-state index contributed by atoms with van der Waals surface area (Å²) in [4.78, 5) is 0. The third-order valence-electron chi connectivity index (χ3n) is 3.79. The zero-order valence-electron chi connectivity index (χ0n) is 11.9. The fraction of sp³-hybridized carbons (Fsp3) is 0.467. The number of aromatic nitrogens is 3.